The van der Waals surface area contributed by atoms with Crippen LogP contribution in [0.25, 0.3) is 16.7 Å². The zero-order valence-corrected chi connectivity index (χ0v) is 11.2. The summed E-state index contributed by atoms with van der Waals surface area (Å²) in [4.78, 5) is 4.04. The van der Waals surface area contributed by atoms with Crippen LogP contribution in [0.5, 0.6) is 0 Å². The maximum absolute atomic E-state index is 14.1. The molecule has 0 aliphatic rings. The largest absolute Gasteiger partial charge is 0.369 e. The van der Waals surface area contributed by atoms with E-state index in [2.05, 4.69) is 4.98 Å². The predicted octanol–water partition coefficient (Wildman–Crippen LogP) is 3.85. The minimum atomic E-state index is -0.996. The summed E-state index contributed by atoms with van der Waals surface area (Å²) in [5, 5.41) is 0.380. The fraction of sp³-hybridized carbons (Fsp3) is 0.0714. The summed E-state index contributed by atoms with van der Waals surface area (Å²) in [6.07, 6.45) is 0. The van der Waals surface area contributed by atoms with E-state index in [4.69, 9.17) is 17.3 Å². The quantitative estimate of drug-likeness (QED) is 0.740. The number of hydrogen-bond acceptors (Lipinski definition) is 2. The first kappa shape index (κ1) is 12.9. The van der Waals surface area contributed by atoms with E-state index in [1.165, 1.54) is 10.6 Å². The van der Waals surface area contributed by atoms with Crippen molar-refractivity contribution in [3.8, 4) is 5.69 Å². The number of benzene rings is 2. The molecule has 20 heavy (non-hydrogen) atoms. The highest BCUT2D eigenvalue weighted by molar-refractivity contribution is 6.32. The first-order chi connectivity index (χ1) is 9.49. The highest BCUT2D eigenvalue weighted by atomic mass is 35.5. The molecule has 0 unspecified atom stereocenters. The summed E-state index contributed by atoms with van der Waals surface area (Å²) < 4.78 is 28.8. The van der Waals surface area contributed by atoms with E-state index in [9.17, 15) is 8.78 Å². The van der Waals surface area contributed by atoms with Crippen molar-refractivity contribution in [3.63, 3.8) is 0 Å². The lowest BCUT2D eigenvalue weighted by atomic mass is 10.2. The summed E-state index contributed by atoms with van der Waals surface area (Å²) >= 11 is 6.13. The van der Waals surface area contributed by atoms with Gasteiger partial charge in [0.15, 0.2) is 11.6 Å². The third kappa shape index (κ3) is 1.82. The smallest absolute Gasteiger partial charge is 0.206 e. The number of nitrogens with zero attached hydrogens (tertiary/aromatic N) is 2. The van der Waals surface area contributed by atoms with Crippen LogP contribution in [0.4, 0.5) is 14.7 Å². The highest BCUT2D eigenvalue weighted by Crippen LogP contribution is 2.30. The number of halogens is 3. The lowest BCUT2D eigenvalue weighted by molar-refractivity contribution is 0.514. The van der Waals surface area contributed by atoms with Crippen molar-refractivity contribution in [2.45, 2.75) is 6.92 Å². The Hall–Kier alpha value is -2.14. The Bertz CT molecular complexity index is 827. The highest BCUT2D eigenvalue weighted by Gasteiger charge is 2.18. The van der Waals surface area contributed by atoms with Gasteiger partial charge in [0.05, 0.1) is 16.2 Å². The number of fused-ring (bicyclic) bond motifs is 1. The Kier molecular flexibility index (Phi) is 2.87. The number of anilines is 1. The summed E-state index contributed by atoms with van der Waals surface area (Å²) in [6.45, 7) is 1.87. The Morgan fingerprint density at radius 2 is 1.95 bits per heavy atom. The summed E-state index contributed by atoms with van der Waals surface area (Å²) in [5.74, 6) is -1.90. The van der Waals surface area contributed by atoms with Crippen LogP contribution in [0.3, 0.4) is 0 Å². The van der Waals surface area contributed by atoms with Crippen LogP contribution in [0, 0.1) is 18.6 Å². The molecular formula is C14H10ClF2N3. The molecule has 3 nitrogen and oxygen atoms in total. The summed E-state index contributed by atoms with van der Waals surface area (Å²) in [6, 6.07) is 7.63. The topological polar surface area (TPSA) is 43.8 Å². The molecule has 0 bridgehead atoms. The average molecular weight is 294 g/mol. The fourth-order valence-corrected chi connectivity index (χ4v) is 2.36. The molecule has 0 atom stereocenters. The molecule has 0 aliphatic heterocycles. The molecule has 1 aromatic heterocycles. The maximum atomic E-state index is 14.1. The lowest BCUT2D eigenvalue weighted by Crippen LogP contribution is -2.03. The van der Waals surface area contributed by atoms with Gasteiger partial charge in [-0.25, -0.2) is 13.8 Å². The minimum Gasteiger partial charge on any atom is -0.369 e. The molecule has 3 aromatic rings. The van der Waals surface area contributed by atoms with E-state index in [1.54, 1.807) is 12.1 Å². The van der Waals surface area contributed by atoms with Gasteiger partial charge in [-0.2, -0.15) is 0 Å². The van der Waals surface area contributed by atoms with Crippen LogP contribution < -0.4 is 5.73 Å². The Morgan fingerprint density at radius 3 is 2.70 bits per heavy atom. The van der Waals surface area contributed by atoms with E-state index in [0.717, 1.165) is 11.6 Å². The average Bonchev–Trinajstić information content (AvgIpc) is 2.74. The molecule has 6 heteroatoms. The molecule has 2 aromatic carbocycles. The molecule has 0 aliphatic carbocycles. The molecule has 0 fully saturated rings. The zero-order valence-electron chi connectivity index (χ0n) is 10.5. The standard InChI is InChI=1S/C14H10ClF2N3/c1-7-2-3-8(15)11(6-7)20-13-10(19-14(20)18)5-4-9(16)12(13)17/h2-6H,1H3,(H2,18,19). The second kappa shape index (κ2) is 4.45. The van der Waals surface area contributed by atoms with Gasteiger partial charge < -0.3 is 5.73 Å². The van der Waals surface area contributed by atoms with Crippen molar-refractivity contribution in [3.05, 3.63) is 52.6 Å². The van der Waals surface area contributed by atoms with Crippen molar-refractivity contribution in [1.29, 1.82) is 0 Å². The van der Waals surface area contributed by atoms with Crippen molar-refractivity contribution in [2.75, 3.05) is 5.73 Å². The Labute approximate surface area is 118 Å². The van der Waals surface area contributed by atoms with Crippen LogP contribution >= 0.6 is 11.6 Å². The molecule has 3 rings (SSSR count). The lowest BCUT2D eigenvalue weighted by Gasteiger charge is -2.10. The summed E-state index contributed by atoms with van der Waals surface area (Å²) in [7, 11) is 0. The molecular weight excluding hydrogens is 284 g/mol. The second-order valence-electron chi connectivity index (χ2n) is 4.49. The molecule has 0 radical (unpaired) electrons. The summed E-state index contributed by atoms with van der Waals surface area (Å²) in [5.41, 5.74) is 7.47. The van der Waals surface area contributed by atoms with Gasteiger partial charge in [0.1, 0.15) is 5.52 Å². The number of aromatic nitrogens is 2. The van der Waals surface area contributed by atoms with Gasteiger partial charge in [0.2, 0.25) is 5.95 Å². The third-order valence-electron chi connectivity index (χ3n) is 3.08. The molecule has 0 amide bonds. The number of hydrogen-bond donors (Lipinski definition) is 1. The van der Waals surface area contributed by atoms with E-state index >= 15 is 0 Å². The first-order valence-electron chi connectivity index (χ1n) is 5.87. The Morgan fingerprint density at radius 1 is 1.20 bits per heavy atom. The van der Waals surface area contributed by atoms with Gasteiger partial charge in [-0.1, -0.05) is 17.7 Å². The SMILES string of the molecule is Cc1ccc(Cl)c(-n2c(N)nc3ccc(F)c(F)c32)c1. The van der Waals surface area contributed by atoms with Crippen LogP contribution in [0.2, 0.25) is 5.02 Å². The predicted molar refractivity (Wildman–Crippen MR) is 75.1 cm³/mol. The molecule has 0 saturated heterocycles. The molecule has 0 saturated carbocycles. The fourth-order valence-electron chi connectivity index (χ4n) is 2.16. The van der Waals surface area contributed by atoms with Crippen molar-refractivity contribution >= 4 is 28.6 Å². The monoisotopic (exact) mass is 293 g/mol. The van der Waals surface area contributed by atoms with Crippen molar-refractivity contribution < 1.29 is 8.78 Å². The first-order valence-corrected chi connectivity index (χ1v) is 6.25. The van der Waals surface area contributed by atoms with Gasteiger partial charge in [0.25, 0.3) is 0 Å². The normalized spacial score (nSPS) is 11.2. The van der Waals surface area contributed by atoms with E-state index in [0.29, 0.717) is 10.7 Å². The zero-order chi connectivity index (χ0) is 14.4. The van der Waals surface area contributed by atoms with Gasteiger partial charge >= 0.3 is 0 Å². The van der Waals surface area contributed by atoms with Gasteiger partial charge in [-0.15, -0.1) is 0 Å². The van der Waals surface area contributed by atoms with Crippen molar-refractivity contribution in [1.82, 2.24) is 9.55 Å². The van der Waals surface area contributed by atoms with E-state index in [1.807, 2.05) is 13.0 Å². The van der Waals surface area contributed by atoms with E-state index in [-0.39, 0.29) is 17.0 Å². The molecule has 102 valence electrons. The van der Waals surface area contributed by atoms with Crippen LogP contribution in [-0.2, 0) is 0 Å². The Balaban J connectivity index is 2.44. The molecule has 1 heterocycles. The molecule has 0 spiro atoms. The minimum absolute atomic E-state index is 0.0185. The van der Waals surface area contributed by atoms with Gasteiger partial charge in [-0.3, -0.25) is 4.57 Å². The van der Waals surface area contributed by atoms with Crippen molar-refractivity contribution in [2.24, 2.45) is 0 Å². The number of rotatable bonds is 1. The number of nitrogen functional groups attached to an aromatic ring is 1. The second-order valence-corrected chi connectivity index (χ2v) is 4.90. The third-order valence-corrected chi connectivity index (χ3v) is 3.40. The number of imidazole rings is 1. The van der Waals surface area contributed by atoms with Crippen LogP contribution in [-0.4, -0.2) is 9.55 Å². The molecule has 2 N–H and O–H groups in total. The van der Waals surface area contributed by atoms with Crippen LogP contribution in [0.15, 0.2) is 30.3 Å². The number of aryl methyl sites for hydroxylation is 1. The maximum Gasteiger partial charge on any atom is 0.206 e. The van der Waals surface area contributed by atoms with E-state index < -0.39 is 11.6 Å². The van der Waals surface area contributed by atoms with Crippen LogP contribution in [0.1, 0.15) is 5.56 Å². The number of nitrogens with two attached hydrogens (primary N) is 1. The van der Waals surface area contributed by atoms with Gasteiger partial charge in [0, 0.05) is 0 Å². The van der Waals surface area contributed by atoms with Gasteiger partial charge in [-0.05, 0) is 36.8 Å².